The van der Waals surface area contributed by atoms with Crippen LogP contribution in [0, 0.1) is 0 Å². The highest BCUT2D eigenvalue weighted by molar-refractivity contribution is 6.30. The Balaban J connectivity index is 1.97. The van der Waals surface area contributed by atoms with Gasteiger partial charge in [0.25, 0.3) is 0 Å². The van der Waals surface area contributed by atoms with Crippen molar-refractivity contribution in [2.24, 2.45) is 0 Å². The first-order chi connectivity index (χ1) is 10.6. The van der Waals surface area contributed by atoms with Gasteiger partial charge in [-0.25, -0.2) is 0 Å². The lowest BCUT2D eigenvalue weighted by atomic mass is 10.2. The maximum absolute atomic E-state index is 12.0. The Labute approximate surface area is 133 Å². The van der Waals surface area contributed by atoms with E-state index in [0.29, 0.717) is 17.3 Å². The Morgan fingerprint density at radius 1 is 1.18 bits per heavy atom. The Morgan fingerprint density at radius 2 is 1.91 bits per heavy atom. The van der Waals surface area contributed by atoms with Gasteiger partial charge in [-0.1, -0.05) is 17.7 Å². The number of anilines is 1. The molecule has 0 fully saturated rings. The number of nitrogens with zero attached hydrogens (tertiary/aromatic N) is 2. The molecule has 0 radical (unpaired) electrons. The van der Waals surface area contributed by atoms with Gasteiger partial charge in [-0.15, -0.1) is 0 Å². The van der Waals surface area contributed by atoms with Gasteiger partial charge in [0.15, 0.2) is 0 Å². The SMILES string of the molecule is CC(=O)N(CC(=O)NCc1ccccn1)c1ccc(Cl)cc1. The van der Waals surface area contributed by atoms with Gasteiger partial charge in [0.2, 0.25) is 11.8 Å². The molecule has 0 spiro atoms. The van der Waals surface area contributed by atoms with E-state index >= 15 is 0 Å². The summed E-state index contributed by atoms with van der Waals surface area (Å²) < 4.78 is 0. The van der Waals surface area contributed by atoms with Gasteiger partial charge in [-0.3, -0.25) is 14.6 Å². The van der Waals surface area contributed by atoms with E-state index < -0.39 is 0 Å². The first kappa shape index (κ1) is 16.0. The number of hydrogen-bond donors (Lipinski definition) is 1. The van der Waals surface area contributed by atoms with E-state index in [0.717, 1.165) is 5.69 Å². The summed E-state index contributed by atoms with van der Waals surface area (Å²) in [6.45, 7) is 1.69. The van der Waals surface area contributed by atoms with Gasteiger partial charge >= 0.3 is 0 Å². The van der Waals surface area contributed by atoms with Crippen molar-refractivity contribution in [1.29, 1.82) is 0 Å². The van der Waals surface area contributed by atoms with Crippen LogP contribution in [0.15, 0.2) is 48.7 Å². The van der Waals surface area contributed by atoms with Crippen molar-refractivity contribution in [3.8, 4) is 0 Å². The number of rotatable bonds is 5. The van der Waals surface area contributed by atoms with E-state index in [-0.39, 0.29) is 18.4 Å². The summed E-state index contributed by atoms with van der Waals surface area (Å²) in [6.07, 6.45) is 1.66. The molecule has 2 rings (SSSR count). The van der Waals surface area contributed by atoms with Crippen LogP contribution in [0.5, 0.6) is 0 Å². The summed E-state index contributed by atoms with van der Waals surface area (Å²) in [6, 6.07) is 12.2. The highest BCUT2D eigenvalue weighted by atomic mass is 35.5. The quantitative estimate of drug-likeness (QED) is 0.921. The van der Waals surface area contributed by atoms with E-state index in [1.54, 1.807) is 30.5 Å². The van der Waals surface area contributed by atoms with E-state index in [2.05, 4.69) is 10.3 Å². The molecule has 0 aliphatic heterocycles. The number of halogens is 1. The molecule has 1 N–H and O–H groups in total. The number of carbonyl (C=O) groups excluding carboxylic acids is 2. The Hall–Kier alpha value is -2.40. The minimum Gasteiger partial charge on any atom is -0.349 e. The summed E-state index contributed by atoms with van der Waals surface area (Å²) in [4.78, 5) is 29.3. The second-order valence-corrected chi connectivity index (χ2v) is 5.12. The largest absolute Gasteiger partial charge is 0.349 e. The van der Waals surface area contributed by atoms with Crippen LogP contribution in [0.25, 0.3) is 0 Å². The third kappa shape index (κ3) is 4.56. The zero-order chi connectivity index (χ0) is 15.9. The van der Waals surface area contributed by atoms with Crippen molar-refractivity contribution in [2.75, 3.05) is 11.4 Å². The highest BCUT2D eigenvalue weighted by Gasteiger charge is 2.15. The van der Waals surface area contributed by atoms with Crippen molar-refractivity contribution in [2.45, 2.75) is 13.5 Å². The van der Waals surface area contributed by atoms with Gasteiger partial charge in [-0.05, 0) is 36.4 Å². The molecule has 0 bridgehead atoms. The van der Waals surface area contributed by atoms with Gasteiger partial charge in [0, 0.05) is 23.8 Å². The lowest BCUT2D eigenvalue weighted by Crippen LogP contribution is -2.39. The molecule has 2 aromatic rings. The molecule has 2 amide bonds. The van der Waals surface area contributed by atoms with Gasteiger partial charge in [-0.2, -0.15) is 0 Å². The lowest BCUT2D eigenvalue weighted by molar-refractivity contribution is -0.123. The van der Waals surface area contributed by atoms with E-state index in [9.17, 15) is 9.59 Å². The molecular weight excluding hydrogens is 302 g/mol. The first-order valence-electron chi connectivity index (χ1n) is 6.76. The molecule has 22 heavy (non-hydrogen) atoms. The van der Waals surface area contributed by atoms with E-state index in [4.69, 9.17) is 11.6 Å². The normalized spacial score (nSPS) is 10.1. The van der Waals surface area contributed by atoms with Crippen molar-refractivity contribution in [3.63, 3.8) is 0 Å². The number of pyridine rings is 1. The van der Waals surface area contributed by atoms with Crippen LogP contribution in [0.1, 0.15) is 12.6 Å². The maximum atomic E-state index is 12.0. The van der Waals surface area contributed by atoms with Gasteiger partial charge in [0.05, 0.1) is 12.2 Å². The predicted octanol–water partition coefficient (Wildman–Crippen LogP) is 2.40. The smallest absolute Gasteiger partial charge is 0.240 e. The topological polar surface area (TPSA) is 62.3 Å². The molecule has 0 atom stereocenters. The van der Waals surface area contributed by atoms with Crippen LogP contribution in [0.2, 0.25) is 5.02 Å². The maximum Gasteiger partial charge on any atom is 0.240 e. The highest BCUT2D eigenvalue weighted by Crippen LogP contribution is 2.18. The number of benzene rings is 1. The minimum atomic E-state index is -0.254. The molecule has 1 aromatic heterocycles. The summed E-state index contributed by atoms with van der Waals surface area (Å²) in [5, 5.41) is 3.32. The molecular formula is C16H16ClN3O2. The standard InChI is InChI=1S/C16H16ClN3O2/c1-12(21)20(15-7-5-13(17)6-8-15)11-16(22)19-10-14-4-2-3-9-18-14/h2-9H,10-11H2,1H3,(H,19,22). The van der Waals surface area contributed by atoms with Crippen LogP contribution in [-0.4, -0.2) is 23.3 Å². The molecule has 114 valence electrons. The van der Waals surface area contributed by atoms with Gasteiger partial charge < -0.3 is 10.2 Å². The third-order valence-electron chi connectivity index (χ3n) is 3.01. The Morgan fingerprint density at radius 3 is 2.50 bits per heavy atom. The molecule has 6 heteroatoms. The fourth-order valence-electron chi connectivity index (χ4n) is 1.90. The van der Waals surface area contributed by atoms with Gasteiger partial charge in [0.1, 0.15) is 6.54 Å². The van der Waals surface area contributed by atoms with Crippen LogP contribution >= 0.6 is 11.6 Å². The molecule has 0 aliphatic carbocycles. The second kappa shape index (κ2) is 7.56. The molecule has 0 unspecified atom stereocenters. The second-order valence-electron chi connectivity index (χ2n) is 4.68. The molecule has 1 heterocycles. The lowest BCUT2D eigenvalue weighted by Gasteiger charge is -2.20. The predicted molar refractivity (Wildman–Crippen MR) is 85.6 cm³/mol. The third-order valence-corrected chi connectivity index (χ3v) is 3.26. The minimum absolute atomic E-state index is 0.0518. The first-order valence-corrected chi connectivity index (χ1v) is 7.14. The fourth-order valence-corrected chi connectivity index (χ4v) is 2.02. The number of aromatic nitrogens is 1. The molecule has 0 aliphatic rings. The summed E-state index contributed by atoms with van der Waals surface area (Å²) in [7, 11) is 0. The summed E-state index contributed by atoms with van der Waals surface area (Å²) in [5.74, 6) is -0.467. The van der Waals surface area contributed by atoms with E-state index in [1.807, 2.05) is 18.2 Å². The Kier molecular flexibility index (Phi) is 5.49. The van der Waals surface area contributed by atoms with Crippen LogP contribution < -0.4 is 10.2 Å². The molecule has 0 saturated heterocycles. The summed E-state index contributed by atoms with van der Waals surface area (Å²) >= 11 is 5.83. The molecule has 5 nitrogen and oxygen atoms in total. The fraction of sp³-hybridized carbons (Fsp3) is 0.188. The van der Waals surface area contributed by atoms with Crippen LogP contribution in [0.4, 0.5) is 5.69 Å². The van der Waals surface area contributed by atoms with Crippen molar-refractivity contribution in [3.05, 3.63) is 59.4 Å². The number of nitrogens with one attached hydrogen (secondary N) is 1. The Bertz CT molecular complexity index is 644. The average molecular weight is 318 g/mol. The zero-order valence-corrected chi connectivity index (χ0v) is 12.9. The average Bonchev–Trinajstić information content (AvgIpc) is 2.52. The van der Waals surface area contributed by atoms with E-state index in [1.165, 1.54) is 11.8 Å². The zero-order valence-electron chi connectivity index (χ0n) is 12.1. The van der Waals surface area contributed by atoms with Crippen LogP contribution in [-0.2, 0) is 16.1 Å². The molecule has 0 saturated carbocycles. The van der Waals surface area contributed by atoms with Crippen LogP contribution in [0.3, 0.4) is 0 Å². The molecule has 1 aromatic carbocycles. The van der Waals surface area contributed by atoms with Crippen molar-refractivity contribution >= 4 is 29.1 Å². The van der Waals surface area contributed by atoms with Crippen molar-refractivity contribution in [1.82, 2.24) is 10.3 Å². The summed E-state index contributed by atoms with van der Waals surface area (Å²) in [5.41, 5.74) is 1.39. The van der Waals surface area contributed by atoms with Crippen molar-refractivity contribution < 1.29 is 9.59 Å². The monoisotopic (exact) mass is 317 g/mol. The number of amides is 2. The number of carbonyl (C=O) groups is 2. The number of hydrogen-bond acceptors (Lipinski definition) is 3.